The predicted molar refractivity (Wildman–Crippen MR) is 110 cm³/mol. The van der Waals surface area contributed by atoms with Gasteiger partial charge in [-0.25, -0.2) is 4.98 Å². The number of thioether (sulfide) groups is 1. The van der Waals surface area contributed by atoms with E-state index in [0.29, 0.717) is 11.4 Å². The highest BCUT2D eigenvalue weighted by Gasteiger charge is 2.30. The average molecular weight is 428 g/mol. The van der Waals surface area contributed by atoms with Gasteiger partial charge in [-0.05, 0) is 17.6 Å². The van der Waals surface area contributed by atoms with Gasteiger partial charge in [-0.1, -0.05) is 18.2 Å². The highest BCUT2D eigenvalue weighted by Crippen LogP contribution is 2.25. The monoisotopic (exact) mass is 428 g/mol. The number of benzene rings is 1. The zero-order valence-corrected chi connectivity index (χ0v) is 16.7. The van der Waals surface area contributed by atoms with Crippen LogP contribution in [-0.2, 0) is 17.9 Å². The summed E-state index contributed by atoms with van der Waals surface area (Å²) < 4.78 is 6.74. The molecule has 0 atom stereocenters. The van der Waals surface area contributed by atoms with E-state index >= 15 is 0 Å². The van der Waals surface area contributed by atoms with E-state index in [9.17, 15) is 14.4 Å². The first-order valence-corrected chi connectivity index (χ1v) is 10.9. The van der Waals surface area contributed by atoms with Crippen molar-refractivity contribution in [3.05, 3.63) is 41.5 Å². The molecular formula is C18H16N6O3S2. The zero-order valence-electron chi connectivity index (χ0n) is 15.1. The SMILES string of the molecule is O=C1Cn2c(C(=O)NC3CSC3)nc(NC(=O)c3nsc4ccccc34)c2CN1. The molecule has 3 amide bonds. The summed E-state index contributed by atoms with van der Waals surface area (Å²) in [6.45, 7) is 0.172. The molecule has 3 N–H and O–H groups in total. The number of fused-ring (bicyclic) bond motifs is 2. The number of amides is 3. The summed E-state index contributed by atoms with van der Waals surface area (Å²) in [5.74, 6) is 1.17. The molecule has 148 valence electrons. The zero-order chi connectivity index (χ0) is 20.0. The standard InChI is InChI=1S/C18H16N6O3S2/c25-13-6-24-11(5-19-13)15(21-16(24)18(27)20-9-7-28-8-9)22-17(26)14-10-3-1-2-4-12(10)29-23-14/h1-4,9H,5-8H2,(H,19,25)(H,20,27)(H,22,26). The van der Waals surface area contributed by atoms with E-state index < -0.39 is 5.91 Å². The van der Waals surface area contributed by atoms with Gasteiger partial charge in [0, 0.05) is 22.9 Å². The van der Waals surface area contributed by atoms with Crippen molar-refractivity contribution in [3.63, 3.8) is 0 Å². The minimum atomic E-state index is -0.400. The van der Waals surface area contributed by atoms with Crippen LogP contribution < -0.4 is 16.0 Å². The molecule has 3 aromatic rings. The third-order valence-corrected chi connectivity index (χ3v) is 6.93. The number of hydrogen-bond donors (Lipinski definition) is 3. The first-order chi connectivity index (χ1) is 14.1. The number of nitrogens with one attached hydrogen (secondary N) is 3. The molecule has 2 aliphatic heterocycles. The molecule has 1 aromatic carbocycles. The van der Waals surface area contributed by atoms with E-state index in [-0.39, 0.29) is 42.6 Å². The van der Waals surface area contributed by atoms with E-state index in [4.69, 9.17) is 0 Å². The van der Waals surface area contributed by atoms with Crippen LogP contribution in [0.25, 0.3) is 10.1 Å². The summed E-state index contributed by atoms with van der Waals surface area (Å²) in [4.78, 5) is 41.7. The Hall–Kier alpha value is -2.92. The van der Waals surface area contributed by atoms with Gasteiger partial charge >= 0.3 is 0 Å². The largest absolute Gasteiger partial charge is 0.349 e. The Labute approximate surface area is 173 Å². The van der Waals surface area contributed by atoms with E-state index in [2.05, 4.69) is 25.3 Å². The molecule has 1 fully saturated rings. The van der Waals surface area contributed by atoms with Crippen LogP contribution in [0.4, 0.5) is 5.82 Å². The summed E-state index contributed by atoms with van der Waals surface area (Å²) in [6, 6.07) is 7.59. The molecule has 0 bridgehead atoms. The average Bonchev–Trinajstić information content (AvgIpc) is 3.26. The Morgan fingerprint density at radius 3 is 2.83 bits per heavy atom. The van der Waals surface area contributed by atoms with Gasteiger partial charge in [0.2, 0.25) is 11.7 Å². The van der Waals surface area contributed by atoms with Gasteiger partial charge in [0.25, 0.3) is 11.8 Å². The second kappa shape index (κ2) is 7.16. The Kier molecular flexibility index (Phi) is 4.47. The molecule has 5 rings (SSSR count). The maximum Gasteiger partial charge on any atom is 0.287 e. The molecular weight excluding hydrogens is 412 g/mol. The summed E-state index contributed by atoms with van der Waals surface area (Å²) in [5, 5.41) is 9.18. The molecule has 0 saturated carbocycles. The maximum absolute atomic E-state index is 12.8. The predicted octanol–water partition coefficient (Wildman–Crippen LogP) is 1.22. The maximum atomic E-state index is 12.8. The summed E-state index contributed by atoms with van der Waals surface area (Å²) in [5.41, 5.74) is 0.898. The Balaban J connectivity index is 1.46. The van der Waals surface area contributed by atoms with Crippen LogP contribution in [0.2, 0.25) is 0 Å². The van der Waals surface area contributed by atoms with E-state index in [1.807, 2.05) is 24.3 Å². The number of rotatable bonds is 4. The van der Waals surface area contributed by atoms with Crippen molar-refractivity contribution in [1.29, 1.82) is 0 Å². The Bertz CT molecular complexity index is 1150. The summed E-state index contributed by atoms with van der Waals surface area (Å²) in [6.07, 6.45) is 0. The van der Waals surface area contributed by atoms with Crippen molar-refractivity contribution in [1.82, 2.24) is 24.6 Å². The molecule has 2 aliphatic rings. The second-order valence-electron chi connectivity index (χ2n) is 6.78. The number of hydrogen-bond acceptors (Lipinski definition) is 7. The second-order valence-corrected chi connectivity index (χ2v) is 8.66. The molecule has 0 spiro atoms. The number of anilines is 1. The molecule has 2 aromatic heterocycles. The van der Waals surface area contributed by atoms with Crippen molar-refractivity contribution in [2.24, 2.45) is 0 Å². The molecule has 0 aliphatic carbocycles. The van der Waals surface area contributed by atoms with Crippen LogP contribution in [0.5, 0.6) is 0 Å². The third kappa shape index (κ3) is 3.25. The fourth-order valence-electron chi connectivity index (χ4n) is 3.28. The molecule has 0 radical (unpaired) electrons. The van der Waals surface area contributed by atoms with Crippen LogP contribution in [0.3, 0.4) is 0 Å². The van der Waals surface area contributed by atoms with Crippen molar-refractivity contribution in [2.45, 2.75) is 19.1 Å². The van der Waals surface area contributed by atoms with Crippen molar-refractivity contribution in [3.8, 4) is 0 Å². The van der Waals surface area contributed by atoms with E-state index in [0.717, 1.165) is 21.6 Å². The minimum Gasteiger partial charge on any atom is -0.349 e. The molecule has 4 heterocycles. The molecule has 11 heteroatoms. The lowest BCUT2D eigenvalue weighted by Gasteiger charge is -2.26. The molecule has 1 saturated heterocycles. The quantitative estimate of drug-likeness (QED) is 0.575. The number of carbonyl (C=O) groups is 3. The van der Waals surface area contributed by atoms with E-state index in [1.165, 1.54) is 11.5 Å². The number of nitrogens with zero attached hydrogens (tertiary/aromatic N) is 3. The third-order valence-electron chi connectivity index (χ3n) is 4.83. The lowest BCUT2D eigenvalue weighted by atomic mass is 10.2. The van der Waals surface area contributed by atoms with Crippen LogP contribution >= 0.6 is 23.3 Å². The summed E-state index contributed by atoms with van der Waals surface area (Å²) in [7, 11) is 0. The van der Waals surface area contributed by atoms with Crippen LogP contribution in [0, 0.1) is 0 Å². The van der Waals surface area contributed by atoms with Crippen molar-refractivity contribution >= 4 is 56.9 Å². The first-order valence-electron chi connectivity index (χ1n) is 9.00. The van der Waals surface area contributed by atoms with Gasteiger partial charge in [-0.3, -0.25) is 14.4 Å². The molecule has 29 heavy (non-hydrogen) atoms. The number of imidazole rings is 1. The molecule has 9 nitrogen and oxygen atoms in total. The number of aromatic nitrogens is 3. The normalized spacial score (nSPS) is 16.1. The molecule has 0 unspecified atom stereocenters. The first kappa shape index (κ1) is 18.1. The Morgan fingerprint density at radius 2 is 2.03 bits per heavy atom. The minimum absolute atomic E-state index is 0.0139. The van der Waals surface area contributed by atoms with Crippen molar-refractivity contribution in [2.75, 3.05) is 16.8 Å². The topological polar surface area (TPSA) is 118 Å². The van der Waals surface area contributed by atoms with Gasteiger partial charge in [-0.15, -0.1) is 0 Å². The van der Waals surface area contributed by atoms with Gasteiger partial charge in [0.1, 0.15) is 12.2 Å². The van der Waals surface area contributed by atoms with Gasteiger partial charge in [0.15, 0.2) is 5.82 Å². The lowest BCUT2D eigenvalue weighted by Crippen LogP contribution is -2.45. The van der Waals surface area contributed by atoms with Crippen molar-refractivity contribution < 1.29 is 14.4 Å². The van der Waals surface area contributed by atoms with Crippen LogP contribution in [-0.4, -0.2) is 49.2 Å². The Morgan fingerprint density at radius 1 is 1.21 bits per heavy atom. The van der Waals surface area contributed by atoms with Gasteiger partial charge < -0.3 is 20.5 Å². The smallest absolute Gasteiger partial charge is 0.287 e. The van der Waals surface area contributed by atoms with Crippen LogP contribution in [0.1, 0.15) is 26.8 Å². The summed E-state index contributed by atoms with van der Waals surface area (Å²) >= 11 is 3.00. The fourth-order valence-corrected chi connectivity index (χ4v) is 4.69. The highest BCUT2D eigenvalue weighted by molar-refractivity contribution is 8.00. The van der Waals surface area contributed by atoms with Crippen LogP contribution in [0.15, 0.2) is 24.3 Å². The lowest BCUT2D eigenvalue weighted by molar-refractivity contribution is -0.122. The van der Waals surface area contributed by atoms with E-state index in [1.54, 1.807) is 16.3 Å². The number of carbonyl (C=O) groups excluding carboxylic acids is 3. The van der Waals surface area contributed by atoms with Gasteiger partial charge in [0.05, 0.1) is 16.9 Å². The van der Waals surface area contributed by atoms with Gasteiger partial charge in [-0.2, -0.15) is 16.1 Å². The highest BCUT2D eigenvalue weighted by atomic mass is 32.2. The fraction of sp³-hybridized carbons (Fsp3) is 0.278.